The number of ether oxygens (including phenoxy) is 1. The van der Waals surface area contributed by atoms with Crippen molar-refractivity contribution in [1.82, 2.24) is 10.6 Å². The predicted molar refractivity (Wildman–Crippen MR) is 87.9 cm³/mol. The summed E-state index contributed by atoms with van der Waals surface area (Å²) in [6, 6.07) is -0.659. The summed E-state index contributed by atoms with van der Waals surface area (Å²) in [7, 11) is 3.07. The number of rotatable bonds is 8. The Hall–Kier alpha value is -1.63. The Balaban J connectivity index is 4.50. The van der Waals surface area contributed by atoms with Crippen molar-refractivity contribution in [1.29, 1.82) is 0 Å². The van der Waals surface area contributed by atoms with E-state index in [4.69, 9.17) is 4.74 Å². The Kier molecular flexibility index (Phi) is 8.82. The smallest absolute Gasteiger partial charge is 0.328 e. The molecule has 3 atom stereocenters. The number of carbonyl (C=O) groups is 3. The highest BCUT2D eigenvalue weighted by molar-refractivity contribution is 5.85. The van der Waals surface area contributed by atoms with E-state index in [0.717, 1.165) is 11.3 Å². The van der Waals surface area contributed by atoms with E-state index < -0.39 is 12.0 Å². The molecule has 7 heteroatoms. The molecule has 0 rings (SSSR count). The summed E-state index contributed by atoms with van der Waals surface area (Å²) in [6.07, 6.45) is 0.747. The van der Waals surface area contributed by atoms with Gasteiger partial charge in [-0.05, 0) is 26.7 Å². The van der Waals surface area contributed by atoms with Gasteiger partial charge in [0.2, 0.25) is 0 Å². The van der Waals surface area contributed by atoms with Crippen LogP contribution in [0.15, 0.2) is 0 Å². The number of carbonyl (C=O) groups excluding carboxylic acids is 3. The lowest BCUT2D eigenvalue weighted by Gasteiger charge is -2.23. The van der Waals surface area contributed by atoms with Crippen molar-refractivity contribution in [2.75, 3.05) is 27.2 Å². The average Bonchev–Trinajstić information content (AvgIpc) is 2.40. The van der Waals surface area contributed by atoms with E-state index in [9.17, 15) is 14.4 Å². The van der Waals surface area contributed by atoms with E-state index in [1.54, 1.807) is 7.05 Å². The minimum absolute atomic E-state index is 0.0177. The van der Waals surface area contributed by atoms with Crippen molar-refractivity contribution in [2.24, 2.45) is 5.92 Å². The molecule has 0 bridgehead atoms. The lowest BCUT2D eigenvalue weighted by molar-refractivity contribution is -0.862. The van der Waals surface area contributed by atoms with Crippen molar-refractivity contribution >= 4 is 17.8 Å². The molecule has 0 aliphatic heterocycles. The lowest BCUT2D eigenvalue weighted by atomic mass is 9.99. The molecule has 0 radical (unpaired) electrons. The van der Waals surface area contributed by atoms with Crippen LogP contribution in [-0.2, 0) is 19.1 Å². The molecule has 134 valence electrons. The zero-order valence-electron chi connectivity index (χ0n) is 15.4. The fraction of sp³-hybridized carbons (Fsp3) is 0.812. The maximum atomic E-state index is 12.1. The Morgan fingerprint density at radius 3 is 2.09 bits per heavy atom. The molecule has 2 amide bonds. The molecule has 0 aromatic heterocycles. The standard InChI is InChI=1S/C16H31N3O4/c1-8-11(2)14(15(22)23-7)17-12(20)9-19(6)10-13(21)18-16(3,4)5/h11,14H,8-10H2,1-7H3,(H,17,20)(H,18,21)/p+1/t11-,14+/m0/s1. The lowest BCUT2D eigenvalue weighted by Crippen LogP contribution is -3.11. The molecule has 0 aromatic rings. The molecule has 0 aliphatic rings. The Morgan fingerprint density at radius 1 is 1.13 bits per heavy atom. The third kappa shape index (κ3) is 9.18. The molecular weight excluding hydrogens is 298 g/mol. The van der Waals surface area contributed by atoms with Crippen LogP contribution in [0.5, 0.6) is 0 Å². The predicted octanol–water partition coefficient (Wildman–Crippen LogP) is -0.880. The van der Waals surface area contributed by atoms with Crippen LogP contribution in [0, 0.1) is 5.92 Å². The van der Waals surface area contributed by atoms with E-state index in [2.05, 4.69) is 10.6 Å². The molecule has 0 aliphatic carbocycles. The summed E-state index contributed by atoms with van der Waals surface area (Å²) >= 11 is 0. The third-order valence-corrected chi connectivity index (χ3v) is 3.42. The Morgan fingerprint density at radius 2 is 1.65 bits per heavy atom. The van der Waals surface area contributed by atoms with Crippen molar-refractivity contribution in [3.05, 3.63) is 0 Å². The van der Waals surface area contributed by atoms with Crippen LogP contribution in [-0.4, -0.2) is 56.6 Å². The van der Waals surface area contributed by atoms with Gasteiger partial charge in [-0.3, -0.25) is 9.59 Å². The highest BCUT2D eigenvalue weighted by atomic mass is 16.5. The summed E-state index contributed by atoms with van der Waals surface area (Å²) in [6.45, 7) is 9.84. The zero-order valence-corrected chi connectivity index (χ0v) is 15.4. The molecule has 0 aromatic carbocycles. The largest absolute Gasteiger partial charge is 0.467 e. The summed E-state index contributed by atoms with van der Waals surface area (Å²) in [5.41, 5.74) is -0.299. The van der Waals surface area contributed by atoms with Gasteiger partial charge >= 0.3 is 5.97 Å². The quantitative estimate of drug-likeness (QED) is 0.504. The summed E-state index contributed by atoms with van der Waals surface area (Å²) in [4.78, 5) is 36.5. The van der Waals surface area contributed by atoms with Crippen LogP contribution in [0.4, 0.5) is 0 Å². The van der Waals surface area contributed by atoms with Crippen molar-refractivity contribution in [2.45, 2.75) is 52.6 Å². The molecule has 0 spiro atoms. The molecule has 1 unspecified atom stereocenters. The van der Waals surface area contributed by atoms with Crippen molar-refractivity contribution < 1.29 is 24.0 Å². The van der Waals surface area contributed by atoms with Crippen molar-refractivity contribution in [3.63, 3.8) is 0 Å². The van der Waals surface area contributed by atoms with Crippen LogP contribution in [0.1, 0.15) is 41.0 Å². The van der Waals surface area contributed by atoms with E-state index in [0.29, 0.717) is 0 Å². The number of quaternary nitrogens is 1. The maximum Gasteiger partial charge on any atom is 0.328 e. The van der Waals surface area contributed by atoms with Gasteiger partial charge in [0.25, 0.3) is 11.8 Å². The first-order valence-electron chi connectivity index (χ1n) is 7.99. The number of nitrogens with one attached hydrogen (secondary N) is 3. The highest BCUT2D eigenvalue weighted by Crippen LogP contribution is 2.08. The third-order valence-electron chi connectivity index (χ3n) is 3.42. The number of amides is 2. The summed E-state index contributed by atoms with van der Waals surface area (Å²) in [5, 5.41) is 5.56. The van der Waals surface area contributed by atoms with Crippen LogP contribution in [0.2, 0.25) is 0 Å². The molecule has 7 nitrogen and oxygen atoms in total. The summed E-state index contributed by atoms with van der Waals surface area (Å²) < 4.78 is 4.74. The maximum absolute atomic E-state index is 12.1. The first-order chi connectivity index (χ1) is 10.5. The minimum atomic E-state index is -0.659. The Labute approximate surface area is 139 Å². The molecule has 3 N–H and O–H groups in total. The van der Waals surface area contributed by atoms with Crippen LogP contribution in [0.25, 0.3) is 0 Å². The van der Waals surface area contributed by atoms with E-state index in [1.807, 2.05) is 34.6 Å². The molecule has 0 saturated carbocycles. The number of likely N-dealkylation sites (N-methyl/N-ethyl adjacent to an activating group) is 1. The minimum Gasteiger partial charge on any atom is -0.467 e. The van der Waals surface area contributed by atoms with Gasteiger partial charge in [0, 0.05) is 5.54 Å². The SMILES string of the molecule is CC[C@H](C)[C@@H](NC(=O)C[NH+](C)CC(=O)NC(C)(C)C)C(=O)OC. The van der Waals surface area contributed by atoms with Crippen LogP contribution < -0.4 is 15.5 Å². The highest BCUT2D eigenvalue weighted by Gasteiger charge is 2.28. The molecule has 0 fully saturated rings. The zero-order chi connectivity index (χ0) is 18.2. The first-order valence-corrected chi connectivity index (χ1v) is 7.99. The number of hydrogen-bond donors (Lipinski definition) is 3. The van der Waals surface area contributed by atoms with Crippen LogP contribution >= 0.6 is 0 Å². The van der Waals surface area contributed by atoms with E-state index in [1.165, 1.54) is 7.11 Å². The molecule has 0 heterocycles. The average molecular weight is 330 g/mol. The molecule has 23 heavy (non-hydrogen) atoms. The van der Waals surface area contributed by atoms with Gasteiger partial charge in [-0.25, -0.2) is 4.79 Å². The van der Waals surface area contributed by atoms with Gasteiger partial charge in [-0.1, -0.05) is 20.3 Å². The molecule has 0 saturated heterocycles. The normalized spacial score (nSPS) is 15.3. The number of hydrogen-bond acceptors (Lipinski definition) is 4. The van der Waals surface area contributed by atoms with Gasteiger partial charge in [-0.15, -0.1) is 0 Å². The van der Waals surface area contributed by atoms with Gasteiger partial charge in [0.1, 0.15) is 6.04 Å². The monoisotopic (exact) mass is 330 g/mol. The van der Waals surface area contributed by atoms with Gasteiger partial charge in [0.15, 0.2) is 13.1 Å². The topological polar surface area (TPSA) is 88.9 Å². The van der Waals surface area contributed by atoms with Crippen molar-refractivity contribution in [3.8, 4) is 0 Å². The Bertz CT molecular complexity index is 418. The van der Waals surface area contributed by atoms with E-state index in [-0.39, 0.29) is 36.4 Å². The number of methoxy groups -OCH3 is 1. The number of esters is 1. The van der Waals surface area contributed by atoms with Gasteiger partial charge in [-0.2, -0.15) is 0 Å². The van der Waals surface area contributed by atoms with Crippen LogP contribution in [0.3, 0.4) is 0 Å². The fourth-order valence-electron chi connectivity index (χ4n) is 2.09. The summed E-state index contributed by atoms with van der Waals surface area (Å²) in [5.74, 6) is -0.859. The second-order valence-electron chi connectivity index (χ2n) is 7.06. The van der Waals surface area contributed by atoms with E-state index >= 15 is 0 Å². The fourth-order valence-corrected chi connectivity index (χ4v) is 2.09. The molecular formula is C16H32N3O4+. The first kappa shape index (κ1) is 21.4. The second kappa shape index (κ2) is 9.50. The second-order valence-corrected chi connectivity index (χ2v) is 7.06. The van der Waals surface area contributed by atoms with Gasteiger partial charge in [0.05, 0.1) is 14.2 Å². The van der Waals surface area contributed by atoms with Gasteiger partial charge < -0.3 is 20.3 Å².